The normalized spacial score (nSPS) is 10.4. The van der Waals surface area contributed by atoms with E-state index in [0.29, 0.717) is 11.7 Å². The highest BCUT2D eigenvalue weighted by Gasteiger charge is 2.06. The summed E-state index contributed by atoms with van der Waals surface area (Å²) in [6, 6.07) is 0. The van der Waals surface area contributed by atoms with Crippen LogP contribution in [0.3, 0.4) is 0 Å². The van der Waals surface area contributed by atoms with E-state index in [1.165, 1.54) is 6.33 Å². The van der Waals surface area contributed by atoms with Crippen LogP contribution < -0.4 is 16.6 Å². The summed E-state index contributed by atoms with van der Waals surface area (Å²) in [6.45, 7) is 5.12. The van der Waals surface area contributed by atoms with Crippen LogP contribution in [0.4, 0.5) is 11.6 Å². The van der Waals surface area contributed by atoms with Crippen molar-refractivity contribution in [2.75, 3.05) is 17.3 Å². The molecular formula is C8H14BrN5. The SMILES string of the molecule is CC(C)CNc1ncnc(NN)c1Br. The summed E-state index contributed by atoms with van der Waals surface area (Å²) < 4.78 is 0.753. The van der Waals surface area contributed by atoms with Gasteiger partial charge in [0.05, 0.1) is 0 Å². The molecule has 1 aromatic heterocycles. The monoisotopic (exact) mass is 259 g/mol. The smallest absolute Gasteiger partial charge is 0.159 e. The molecule has 0 atom stereocenters. The molecule has 0 saturated heterocycles. The summed E-state index contributed by atoms with van der Waals surface area (Å²) in [5, 5.41) is 3.19. The summed E-state index contributed by atoms with van der Waals surface area (Å²) in [7, 11) is 0. The van der Waals surface area contributed by atoms with Crippen LogP contribution in [0.15, 0.2) is 10.8 Å². The van der Waals surface area contributed by atoms with Crippen molar-refractivity contribution < 1.29 is 0 Å². The Balaban J connectivity index is 2.76. The van der Waals surface area contributed by atoms with E-state index in [2.05, 4.69) is 50.5 Å². The average molecular weight is 260 g/mol. The lowest BCUT2D eigenvalue weighted by Gasteiger charge is -2.11. The maximum atomic E-state index is 5.28. The third-order valence-electron chi connectivity index (χ3n) is 1.60. The lowest BCUT2D eigenvalue weighted by molar-refractivity contribution is 0.686. The second-order valence-electron chi connectivity index (χ2n) is 3.30. The standard InChI is InChI=1S/C8H14BrN5/c1-5(2)3-11-7-6(9)8(14-10)13-4-12-7/h4-5H,3,10H2,1-2H3,(H2,11,12,13,14). The van der Waals surface area contributed by atoms with E-state index >= 15 is 0 Å². The molecule has 0 aliphatic heterocycles. The molecule has 14 heavy (non-hydrogen) atoms. The Morgan fingerprint density at radius 3 is 2.64 bits per heavy atom. The minimum Gasteiger partial charge on any atom is -0.369 e. The molecule has 4 N–H and O–H groups in total. The molecule has 0 aliphatic rings. The van der Waals surface area contributed by atoms with Crippen LogP contribution in [0.25, 0.3) is 0 Å². The molecule has 0 spiro atoms. The first-order valence-corrected chi connectivity index (χ1v) is 5.15. The van der Waals surface area contributed by atoms with Crippen molar-refractivity contribution in [2.24, 2.45) is 11.8 Å². The Hall–Kier alpha value is -0.880. The number of anilines is 2. The van der Waals surface area contributed by atoms with Crippen molar-refractivity contribution >= 4 is 27.6 Å². The molecule has 5 nitrogen and oxygen atoms in total. The summed E-state index contributed by atoms with van der Waals surface area (Å²) in [6.07, 6.45) is 1.46. The Bertz CT molecular complexity index is 302. The Morgan fingerprint density at radius 1 is 1.43 bits per heavy atom. The molecule has 0 aliphatic carbocycles. The van der Waals surface area contributed by atoms with E-state index in [4.69, 9.17) is 5.84 Å². The zero-order valence-electron chi connectivity index (χ0n) is 8.21. The molecule has 0 amide bonds. The predicted molar refractivity (Wildman–Crippen MR) is 60.9 cm³/mol. The number of nitrogen functional groups attached to an aromatic ring is 1. The molecule has 6 heteroatoms. The van der Waals surface area contributed by atoms with Gasteiger partial charge < -0.3 is 10.7 Å². The van der Waals surface area contributed by atoms with Gasteiger partial charge in [-0.15, -0.1) is 0 Å². The van der Waals surface area contributed by atoms with Gasteiger partial charge >= 0.3 is 0 Å². The number of rotatable bonds is 4. The first kappa shape index (κ1) is 11.2. The van der Waals surface area contributed by atoms with Crippen LogP contribution >= 0.6 is 15.9 Å². The number of nitrogens with one attached hydrogen (secondary N) is 2. The quantitative estimate of drug-likeness (QED) is 0.566. The van der Waals surface area contributed by atoms with Gasteiger partial charge in [0.1, 0.15) is 16.6 Å². The molecule has 78 valence electrons. The fourth-order valence-corrected chi connectivity index (χ4v) is 1.35. The van der Waals surface area contributed by atoms with Crippen LogP contribution in [-0.4, -0.2) is 16.5 Å². The van der Waals surface area contributed by atoms with Gasteiger partial charge in [0, 0.05) is 6.54 Å². The molecular weight excluding hydrogens is 246 g/mol. The van der Waals surface area contributed by atoms with Crippen molar-refractivity contribution in [1.29, 1.82) is 0 Å². The molecule has 1 aromatic rings. The summed E-state index contributed by atoms with van der Waals surface area (Å²) >= 11 is 3.36. The zero-order chi connectivity index (χ0) is 10.6. The second kappa shape index (κ2) is 5.11. The molecule has 0 bridgehead atoms. The van der Waals surface area contributed by atoms with Gasteiger partial charge in [-0.3, -0.25) is 0 Å². The van der Waals surface area contributed by atoms with Gasteiger partial charge in [-0.2, -0.15) is 0 Å². The van der Waals surface area contributed by atoms with Crippen molar-refractivity contribution in [1.82, 2.24) is 9.97 Å². The van der Waals surface area contributed by atoms with E-state index in [1.807, 2.05) is 0 Å². The number of nitrogens with two attached hydrogens (primary N) is 1. The lowest BCUT2D eigenvalue weighted by Crippen LogP contribution is -2.13. The highest BCUT2D eigenvalue weighted by atomic mass is 79.9. The lowest BCUT2D eigenvalue weighted by atomic mass is 10.2. The summed E-state index contributed by atoms with van der Waals surface area (Å²) in [5.41, 5.74) is 2.49. The first-order valence-electron chi connectivity index (χ1n) is 4.36. The fourth-order valence-electron chi connectivity index (χ4n) is 0.895. The third-order valence-corrected chi connectivity index (χ3v) is 2.36. The van der Waals surface area contributed by atoms with Gasteiger partial charge in [0.2, 0.25) is 0 Å². The van der Waals surface area contributed by atoms with Crippen LogP contribution in [-0.2, 0) is 0 Å². The van der Waals surface area contributed by atoms with Gasteiger partial charge in [0.15, 0.2) is 5.82 Å². The predicted octanol–water partition coefficient (Wildman–Crippen LogP) is 1.59. The summed E-state index contributed by atoms with van der Waals surface area (Å²) in [5.74, 6) is 7.17. The fraction of sp³-hybridized carbons (Fsp3) is 0.500. The number of hydrogen-bond donors (Lipinski definition) is 3. The zero-order valence-corrected chi connectivity index (χ0v) is 9.80. The summed E-state index contributed by atoms with van der Waals surface area (Å²) in [4.78, 5) is 8.04. The second-order valence-corrected chi connectivity index (χ2v) is 4.10. The van der Waals surface area contributed by atoms with Crippen LogP contribution in [0.1, 0.15) is 13.8 Å². The average Bonchev–Trinajstić information content (AvgIpc) is 2.16. The van der Waals surface area contributed by atoms with Gasteiger partial charge in [-0.05, 0) is 21.8 Å². The van der Waals surface area contributed by atoms with Gasteiger partial charge in [-0.1, -0.05) is 13.8 Å². The Labute approximate surface area is 91.6 Å². The minimum atomic E-state index is 0.561. The molecule has 0 unspecified atom stereocenters. The molecule has 0 fully saturated rings. The topological polar surface area (TPSA) is 75.9 Å². The van der Waals surface area contributed by atoms with Crippen molar-refractivity contribution in [3.63, 3.8) is 0 Å². The number of nitrogens with zero attached hydrogens (tertiary/aromatic N) is 2. The largest absolute Gasteiger partial charge is 0.369 e. The maximum absolute atomic E-state index is 5.28. The van der Waals surface area contributed by atoms with Crippen LogP contribution in [0.2, 0.25) is 0 Å². The van der Waals surface area contributed by atoms with E-state index in [-0.39, 0.29) is 0 Å². The highest BCUT2D eigenvalue weighted by molar-refractivity contribution is 9.10. The van der Waals surface area contributed by atoms with Crippen LogP contribution in [0.5, 0.6) is 0 Å². The van der Waals surface area contributed by atoms with Crippen molar-refractivity contribution in [3.05, 3.63) is 10.8 Å². The Kier molecular flexibility index (Phi) is 4.09. The highest BCUT2D eigenvalue weighted by Crippen LogP contribution is 2.25. The molecule has 0 saturated carbocycles. The van der Waals surface area contributed by atoms with E-state index in [0.717, 1.165) is 16.8 Å². The van der Waals surface area contributed by atoms with E-state index in [9.17, 15) is 0 Å². The molecule has 0 aromatic carbocycles. The van der Waals surface area contributed by atoms with Crippen molar-refractivity contribution in [2.45, 2.75) is 13.8 Å². The number of hydrazine groups is 1. The molecule has 0 radical (unpaired) electrons. The molecule has 1 rings (SSSR count). The van der Waals surface area contributed by atoms with Crippen molar-refractivity contribution in [3.8, 4) is 0 Å². The number of aromatic nitrogens is 2. The van der Waals surface area contributed by atoms with Crippen LogP contribution in [0, 0.1) is 5.92 Å². The first-order chi connectivity index (χ1) is 6.65. The maximum Gasteiger partial charge on any atom is 0.159 e. The Morgan fingerprint density at radius 2 is 2.07 bits per heavy atom. The van der Waals surface area contributed by atoms with E-state index < -0.39 is 0 Å². The number of hydrogen-bond acceptors (Lipinski definition) is 5. The van der Waals surface area contributed by atoms with E-state index in [1.54, 1.807) is 0 Å². The molecule has 1 heterocycles. The van der Waals surface area contributed by atoms with Gasteiger partial charge in [0.25, 0.3) is 0 Å². The minimum absolute atomic E-state index is 0.561. The third kappa shape index (κ3) is 2.81. The van der Waals surface area contributed by atoms with Gasteiger partial charge in [-0.25, -0.2) is 15.8 Å². The number of halogens is 1.